The second-order valence-electron chi connectivity index (χ2n) is 5.59. The Morgan fingerprint density at radius 1 is 1.27 bits per heavy atom. The largest absolute Gasteiger partial charge is 0.337 e. The van der Waals surface area contributed by atoms with Crippen molar-refractivity contribution in [1.29, 1.82) is 0 Å². The Morgan fingerprint density at radius 3 is 2.77 bits per heavy atom. The monoisotopic (exact) mass is 300 g/mol. The van der Waals surface area contributed by atoms with Crippen molar-refractivity contribution >= 4 is 0 Å². The lowest BCUT2D eigenvalue weighted by Crippen LogP contribution is -2.12. The molecule has 0 aliphatic rings. The fourth-order valence-electron chi connectivity index (χ4n) is 2.37. The molecule has 0 aliphatic carbocycles. The fraction of sp³-hybridized carbons (Fsp3) is 0.312. The predicted molar refractivity (Wildman–Crippen MR) is 79.5 cm³/mol. The first-order valence-electron chi connectivity index (χ1n) is 7.21. The summed E-state index contributed by atoms with van der Waals surface area (Å²) in [7, 11) is 0. The van der Waals surface area contributed by atoms with E-state index in [4.69, 9.17) is 4.52 Å². The maximum absolute atomic E-state index is 13.8. The lowest BCUT2D eigenvalue weighted by Gasteiger charge is -2.16. The minimum Gasteiger partial charge on any atom is -0.337 e. The lowest BCUT2D eigenvalue weighted by molar-refractivity contribution is 0.311. The molecule has 0 amide bonds. The molecule has 0 bridgehead atoms. The molecule has 0 N–H and O–H groups in total. The third kappa shape index (κ3) is 2.90. The maximum Gasteiger partial charge on any atom is 0.250 e. The molecule has 2 aromatic heterocycles. The second-order valence-corrected chi connectivity index (χ2v) is 5.59. The Kier molecular flexibility index (Phi) is 4.00. The topological polar surface area (TPSA) is 56.7 Å². The Balaban J connectivity index is 1.95. The van der Waals surface area contributed by atoms with E-state index in [9.17, 15) is 4.39 Å². The van der Waals surface area contributed by atoms with Crippen molar-refractivity contribution in [2.75, 3.05) is 0 Å². The Bertz CT molecular complexity index is 736. The molecule has 0 spiro atoms. The van der Waals surface area contributed by atoms with Gasteiger partial charge in [-0.15, -0.1) is 0 Å². The number of hydrogen-bond acceptors (Lipinski definition) is 4. The molecule has 5 nitrogen and oxygen atoms in total. The second kappa shape index (κ2) is 6.09. The van der Waals surface area contributed by atoms with Crippen LogP contribution < -0.4 is 0 Å². The van der Waals surface area contributed by atoms with Crippen LogP contribution in [0.15, 0.2) is 47.5 Å². The van der Waals surface area contributed by atoms with Gasteiger partial charge in [0, 0.05) is 12.4 Å². The Morgan fingerprint density at radius 2 is 2.09 bits per heavy atom. The summed E-state index contributed by atoms with van der Waals surface area (Å²) in [4.78, 5) is 8.45. The van der Waals surface area contributed by atoms with Crippen LogP contribution in [0.4, 0.5) is 4.39 Å². The zero-order valence-electron chi connectivity index (χ0n) is 12.5. The average molecular weight is 300 g/mol. The molecule has 0 radical (unpaired) electrons. The van der Waals surface area contributed by atoms with Crippen molar-refractivity contribution in [3.63, 3.8) is 0 Å². The third-order valence-corrected chi connectivity index (χ3v) is 3.42. The summed E-state index contributed by atoms with van der Waals surface area (Å²) in [5.74, 6) is 0.807. The number of nitrogens with zero attached hydrogens (tertiary/aromatic N) is 4. The van der Waals surface area contributed by atoms with Gasteiger partial charge in [-0.05, 0) is 24.5 Å². The molecule has 0 fully saturated rings. The summed E-state index contributed by atoms with van der Waals surface area (Å²) in [5, 5.41) is 3.93. The minimum absolute atomic E-state index is 0.101. The SMILES string of the molecule is CC(C)CC(c1nc(-c2ccccc2F)no1)n1ccnc1. The van der Waals surface area contributed by atoms with Crippen LogP contribution in [0.3, 0.4) is 0 Å². The number of benzene rings is 1. The van der Waals surface area contributed by atoms with Crippen molar-refractivity contribution in [1.82, 2.24) is 19.7 Å². The summed E-state index contributed by atoms with van der Waals surface area (Å²) < 4.78 is 21.1. The number of rotatable bonds is 5. The van der Waals surface area contributed by atoms with Gasteiger partial charge in [0.15, 0.2) is 0 Å². The van der Waals surface area contributed by atoms with Crippen molar-refractivity contribution < 1.29 is 8.91 Å². The summed E-state index contributed by atoms with van der Waals surface area (Å²) in [6.45, 7) is 4.25. The molecule has 1 unspecified atom stereocenters. The molecule has 0 aliphatic heterocycles. The first-order valence-corrected chi connectivity index (χ1v) is 7.21. The van der Waals surface area contributed by atoms with Crippen molar-refractivity contribution in [3.8, 4) is 11.4 Å². The number of hydrogen-bond donors (Lipinski definition) is 0. The van der Waals surface area contributed by atoms with Crippen LogP contribution in [-0.2, 0) is 0 Å². The van der Waals surface area contributed by atoms with E-state index in [0.29, 0.717) is 17.4 Å². The van der Waals surface area contributed by atoms with Crippen molar-refractivity contribution in [3.05, 3.63) is 54.7 Å². The van der Waals surface area contributed by atoms with Gasteiger partial charge >= 0.3 is 0 Å². The van der Waals surface area contributed by atoms with E-state index in [1.54, 1.807) is 30.7 Å². The quantitative estimate of drug-likeness (QED) is 0.721. The first kappa shape index (κ1) is 14.4. The van der Waals surface area contributed by atoms with E-state index < -0.39 is 0 Å². The van der Waals surface area contributed by atoms with Gasteiger partial charge in [0.25, 0.3) is 0 Å². The van der Waals surface area contributed by atoms with Gasteiger partial charge < -0.3 is 9.09 Å². The number of aromatic nitrogens is 4. The van der Waals surface area contributed by atoms with E-state index in [2.05, 4.69) is 29.0 Å². The first-order chi connectivity index (χ1) is 10.6. The van der Waals surface area contributed by atoms with E-state index in [0.717, 1.165) is 6.42 Å². The van der Waals surface area contributed by atoms with Crippen LogP contribution >= 0.6 is 0 Å². The smallest absolute Gasteiger partial charge is 0.250 e. The molecule has 0 saturated heterocycles. The maximum atomic E-state index is 13.8. The molecule has 1 atom stereocenters. The van der Waals surface area contributed by atoms with Crippen LogP contribution in [-0.4, -0.2) is 19.7 Å². The molecule has 2 heterocycles. The van der Waals surface area contributed by atoms with Crippen LogP contribution in [0.1, 0.15) is 32.2 Å². The average Bonchev–Trinajstić information content (AvgIpc) is 3.17. The molecular weight excluding hydrogens is 283 g/mol. The zero-order valence-corrected chi connectivity index (χ0v) is 12.5. The summed E-state index contributed by atoms with van der Waals surface area (Å²) in [6.07, 6.45) is 6.12. The van der Waals surface area contributed by atoms with Gasteiger partial charge in [-0.25, -0.2) is 9.37 Å². The van der Waals surface area contributed by atoms with E-state index in [1.165, 1.54) is 6.07 Å². The van der Waals surface area contributed by atoms with Crippen molar-refractivity contribution in [2.45, 2.75) is 26.3 Å². The molecule has 6 heteroatoms. The van der Waals surface area contributed by atoms with E-state index in [1.807, 2.05) is 10.8 Å². The van der Waals surface area contributed by atoms with Gasteiger partial charge in [0.1, 0.15) is 11.9 Å². The van der Waals surface area contributed by atoms with Crippen LogP contribution in [0.2, 0.25) is 0 Å². The van der Waals surface area contributed by atoms with Gasteiger partial charge in [-0.2, -0.15) is 4.98 Å². The highest BCUT2D eigenvalue weighted by atomic mass is 19.1. The van der Waals surface area contributed by atoms with E-state index in [-0.39, 0.29) is 17.7 Å². The van der Waals surface area contributed by atoms with Crippen LogP contribution in [0.5, 0.6) is 0 Å². The molecule has 0 saturated carbocycles. The van der Waals surface area contributed by atoms with Gasteiger partial charge in [-0.1, -0.05) is 31.1 Å². The highest BCUT2D eigenvalue weighted by molar-refractivity contribution is 5.54. The molecule has 114 valence electrons. The Labute approximate surface area is 127 Å². The normalized spacial score (nSPS) is 12.7. The Hall–Kier alpha value is -2.50. The van der Waals surface area contributed by atoms with E-state index >= 15 is 0 Å². The van der Waals surface area contributed by atoms with Gasteiger partial charge in [-0.3, -0.25) is 0 Å². The molecular formula is C16H17FN4O. The lowest BCUT2D eigenvalue weighted by atomic mass is 10.0. The van der Waals surface area contributed by atoms with Crippen LogP contribution in [0.25, 0.3) is 11.4 Å². The number of imidazole rings is 1. The summed E-state index contributed by atoms with van der Waals surface area (Å²) >= 11 is 0. The minimum atomic E-state index is -0.363. The van der Waals surface area contributed by atoms with Gasteiger partial charge in [0.2, 0.25) is 11.7 Å². The summed E-state index contributed by atoms with van der Waals surface area (Å²) in [5.41, 5.74) is 0.339. The zero-order chi connectivity index (χ0) is 15.5. The molecule has 3 rings (SSSR count). The van der Waals surface area contributed by atoms with Crippen molar-refractivity contribution in [2.24, 2.45) is 5.92 Å². The van der Waals surface area contributed by atoms with Gasteiger partial charge in [0.05, 0.1) is 11.9 Å². The highest BCUT2D eigenvalue weighted by Crippen LogP contribution is 2.27. The number of halogens is 1. The summed E-state index contributed by atoms with van der Waals surface area (Å²) in [6, 6.07) is 6.30. The molecule has 22 heavy (non-hydrogen) atoms. The predicted octanol–water partition coefficient (Wildman–Crippen LogP) is 3.71. The van der Waals surface area contributed by atoms with Crippen LogP contribution in [0, 0.1) is 11.7 Å². The standard InChI is InChI=1S/C16H17FN4O/c1-11(2)9-14(21-8-7-18-10-21)16-19-15(20-22-16)12-5-3-4-6-13(12)17/h3-8,10-11,14H,9H2,1-2H3. The molecule has 3 aromatic rings. The third-order valence-electron chi connectivity index (χ3n) is 3.42. The fourth-order valence-corrected chi connectivity index (χ4v) is 2.37. The molecule has 1 aromatic carbocycles. The highest BCUT2D eigenvalue weighted by Gasteiger charge is 2.23.